The summed E-state index contributed by atoms with van der Waals surface area (Å²) >= 11 is 0. The monoisotopic (exact) mass is 513 g/mol. The van der Waals surface area contributed by atoms with Crippen LogP contribution >= 0.6 is 24.0 Å². The highest BCUT2D eigenvalue weighted by Crippen LogP contribution is 2.19. The van der Waals surface area contributed by atoms with E-state index in [0.29, 0.717) is 25.0 Å². The number of halogens is 3. The van der Waals surface area contributed by atoms with Crippen LogP contribution in [0.1, 0.15) is 37.7 Å². The average Bonchev–Trinajstić information content (AvgIpc) is 3.22. The van der Waals surface area contributed by atoms with Gasteiger partial charge in [0.15, 0.2) is 15.8 Å². The molecule has 1 aliphatic heterocycles. The Morgan fingerprint density at radius 2 is 1.93 bits per heavy atom. The Labute approximate surface area is 176 Å². The zero-order valence-corrected chi connectivity index (χ0v) is 18.2. The van der Waals surface area contributed by atoms with E-state index in [1.54, 1.807) is 0 Å². The van der Waals surface area contributed by atoms with Crippen LogP contribution in [0, 0.1) is 17.6 Å². The van der Waals surface area contributed by atoms with Gasteiger partial charge in [-0.3, -0.25) is 0 Å². The lowest BCUT2D eigenvalue weighted by Crippen LogP contribution is -2.44. The number of hydrogen-bond donors (Lipinski definition) is 2. The molecule has 1 saturated carbocycles. The first-order valence-corrected chi connectivity index (χ1v) is 10.9. The molecule has 1 aromatic rings. The van der Waals surface area contributed by atoms with Crippen molar-refractivity contribution in [2.75, 3.05) is 18.1 Å². The minimum atomic E-state index is -2.92. The first kappa shape index (κ1) is 22.3. The van der Waals surface area contributed by atoms with Crippen molar-refractivity contribution in [3.8, 4) is 0 Å². The summed E-state index contributed by atoms with van der Waals surface area (Å²) in [5, 5.41) is 6.53. The van der Waals surface area contributed by atoms with Crippen molar-refractivity contribution < 1.29 is 17.2 Å². The van der Waals surface area contributed by atoms with E-state index >= 15 is 0 Å². The number of guanidine groups is 1. The summed E-state index contributed by atoms with van der Waals surface area (Å²) in [6.45, 7) is 0.526. The third-order valence-corrected chi connectivity index (χ3v) is 6.83. The molecule has 1 saturated heterocycles. The first-order chi connectivity index (χ1) is 12.4. The van der Waals surface area contributed by atoms with Crippen LogP contribution in [0.25, 0.3) is 0 Å². The van der Waals surface area contributed by atoms with Gasteiger partial charge in [0, 0.05) is 18.2 Å². The average molecular weight is 513 g/mol. The van der Waals surface area contributed by atoms with Crippen molar-refractivity contribution in [1.82, 2.24) is 10.6 Å². The second-order valence-electron chi connectivity index (χ2n) is 7.18. The third kappa shape index (κ3) is 6.85. The molecular formula is C18H26F2IN3O2S. The van der Waals surface area contributed by atoms with Gasteiger partial charge in [0.05, 0.1) is 18.1 Å². The smallest absolute Gasteiger partial charge is 0.191 e. The lowest BCUT2D eigenvalue weighted by Gasteiger charge is -2.19. The van der Waals surface area contributed by atoms with Crippen LogP contribution in [-0.2, 0) is 16.4 Å². The number of aliphatic imine (C=N–C) groups is 1. The number of hydrogen-bond acceptors (Lipinski definition) is 3. The molecule has 1 unspecified atom stereocenters. The maximum absolute atomic E-state index is 13.8. The van der Waals surface area contributed by atoms with Crippen LogP contribution < -0.4 is 10.6 Å². The van der Waals surface area contributed by atoms with Crippen molar-refractivity contribution in [3.05, 3.63) is 35.4 Å². The molecule has 0 bridgehead atoms. The van der Waals surface area contributed by atoms with E-state index in [0.717, 1.165) is 43.9 Å². The van der Waals surface area contributed by atoms with Gasteiger partial charge >= 0.3 is 0 Å². The summed E-state index contributed by atoms with van der Waals surface area (Å²) in [4.78, 5) is 4.40. The molecular weight excluding hydrogens is 487 g/mol. The van der Waals surface area contributed by atoms with Crippen molar-refractivity contribution in [2.24, 2.45) is 10.9 Å². The summed E-state index contributed by atoms with van der Waals surface area (Å²) in [5.74, 6) is 0.0284. The summed E-state index contributed by atoms with van der Waals surface area (Å²) in [6.07, 6.45) is 5.05. The lowest BCUT2D eigenvalue weighted by atomic mass is 10.1. The van der Waals surface area contributed by atoms with Gasteiger partial charge in [-0.1, -0.05) is 12.8 Å². The van der Waals surface area contributed by atoms with Crippen molar-refractivity contribution in [2.45, 2.75) is 44.7 Å². The van der Waals surface area contributed by atoms with Crippen LogP contribution in [-0.4, -0.2) is 38.5 Å². The number of rotatable bonds is 5. The zero-order chi connectivity index (χ0) is 18.6. The SMILES string of the molecule is I.O=S1(=O)CCC(CNC(=NCc2cc(F)ccc2F)NC2CCCC2)C1. The van der Waals surface area contributed by atoms with Gasteiger partial charge in [-0.15, -0.1) is 24.0 Å². The molecule has 0 amide bonds. The Kier molecular flexibility index (Phi) is 8.26. The highest BCUT2D eigenvalue weighted by molar-refractivity contribution is 14.0. The molecule has 0 spiro atoms. The summed E-state index contributed by atoms with van der Waals surface area (Å²) in [6, 6.07) is 3.64. The third-order valence-electron chi connectivity index (χ3n) is 5.00. The summed E-state index contributed by atoms with van der Waals surface area (Å²) in [5.41, 5.74) is 0.195. The van der Waals surface area contributed by atoms with Crippen LogP contribution in [0.5, 0.6) is 0 Å². The predicted octanol–water partition coefficient (Wildman–Crippen LogP) is 3.00. The van der Waals surface area contributed by atoms with Crippen molar-refractivity contribution in [1.29, 1.82) is 0 Å². The Balaban J connectivity index is 0.00000261. The normalized spacial score (nSPS) is 22.4. The quantitative estimate of drug-likeness (QED) is 0.361. The minimum Gasteiger partial charge on any atom is -0.356 e. The van der Waals surface area contributed by atoms with Gasteiger partial charge in [0.1, 0.15) is 11.6 Å². The molecule has 2 fully saturated rings. The number of nitrogens with one attached hydrogen (secondary N) is 2. The van der Waals surface area contributed by atoms with Gasteiger partial charge in [-0.2, -0.15) is 0 Å². The molecule has 9 heteroatoms. The second-order valence-corrected chi connectivity index (χ2v) is 9.40. The maximum atomic E-state index is 13.8. The molecule has 27 heavy (non-hydrogen) atoms. The molecule has 0 radical (unpaired) electrons. The van der Waals surface area contributed by atoms with Gasteiger partial charge in [0.2, 0.25) is 0 Å². The van der Waals surface area contributed by atoms with Crippen LogP contribution in [0.4, 0.5) is 8.78 Å². The molecule has 0 aromatic heterocycles. The molecule has 5 nitrogen and oxygen atoms in total. The highest BCUT2D eigenvalue weighted by atomic mass is 127. The van der Waals surface area contributed by atoms with E-state index in [1.807, 2.05) is 0 Å². The fourth-order valence-electron chi connectivity index (χ4n) is 3.52. The minimum absolute atomic E-state index is 0. The van der Waals surface area contributed by atoms with Gasteiger partial charge in [-0.05, 0) is 43.4 Å². The molecule has 1 aliphatic carbocycles. The molecule has 152 valence electrons. The Bertz CT molecular complexity index is 768. The molecule has 1 heterocycles. The van der Waals surface area contributed by atoms with Crippen molar-refractivity contribution in [3.63, 3.8) is 0 Å². The first-order valence-electron chi connectivity index (χ1n) is 9.10. The van der Waals surface area contributed by atoms with Crippen LogP contribution in [0.15, 0.2) is 23.2 Å². The van der Waals surface area contributed by atoms with E-state index in [9.17, 15) is 17.2 Å². The molecule has 3 rings (SSSR count). The van der Waals surface area contributed by atoms with Gasteiger partial charge < -0.3 is 10.6 Å². The second kappa shape index (κ2) is 9.99. The Morgan fingerprint density at radius 1 is 1.19 bits per heavy atom. The molecule has 2 N–H and O–H groups in total. The number of sulfone groups is 1. The van der Waals surface area contributed by atoms with E-state index in [1.165, 1.54) is 0 Å². The summed E-state index contributed by atoms with van der Waals surface area (Å²) in [7, 11) is -2.92. The highest BCUT2D eigenvalue weighted by Gasteiger charge is 2.28. The lowest BCUT2D eigenvalue weighted by molar-refractivity contribution is 0.552. The van der Waals surface area contributed by atoms with Crippen LogP contribution in [0.3, 0.4) is 0 Å². The zero-order valence-electron chi connectivity index (χ0n) is 15.1. The molecule has 2 aliphatic rings. The standard InChI is InChI=1S/C18H25F2N3O2S.HI/c19-15-5-6-17(20)14(9-15)11-22-18(23-16-3-1-2-4-16)21-10-13-7-8-26(24,25)12-13;/h5-6,9,13,16H,1-4,7-8,10-12H2,(H2,21,22,23);1H. The number of nitrogens with zero attached hydrogens (tertiary/aromatic N) is 1. The van der Waals surface area contributed by atoms with E-state index in [2.05, 4.69) is 15.6 Å². The fraction of sp³-hybridized carbons (Fsp3) is 0.611. The number of benzene rings is 1. The predicted molar refractivity (Wildman–Crippen MR) is 113 cm³/mol. The maximum Gasteiger partial charge on any atom is 0.191 e. The summed E-state index contributed by atoms with van der Waals surface area (Å²) < 4.78 is 50.3. The molecule has 1 aromatic carbocycles. The fourth-order valence-corrected chi connectivity index (χ4v) is 5.38. The van der Waals surface area contributed by atoms with E-state index in [4.69, 9.17) is 0 Å². The topological polar surface area (TPSA) is 70.6 Å². The van der Waals surface area contributed by atoms with Crippen molar-refractivity contribution >= 4 is 39.8 Å². The van der Waals surface area contributed by atoms with Gasteiger partial charge in [-0.25, -0.2) is 22.2 Å². The van der Waals surface area contributed by atoms with E-state index < -0.39 is 21.5 Å². The largest absolute Gasteiger partial charge is 0.356 e. The van der Waals surface area contributed by atoms with E-state index in [-0.39, 0.29) is 53.5 Å². The molecule has 1 atom stereocenters. The Morgan fingerprint density at radius 3 is 2.59 bits per heavy atom. The van der Waals surface area contributed by atoms with Crippen LogP contribution in [0.2, 0.25) is 0 Å². The van der Waals surface area contributed by atoms with Gasteiger partial charge in [0.25, 0.3) is 0 Å². The Hall–Kier alpha value is -0.970.